The number of hydrogen-bond donors (Lipinski definition) is 2. The van der Waals surface area contributed by atoms with Crippen molar-refractivity contribution in [3.63, 3.8) is 0 Å². The largest absolute Gasteiger partial charge is 0.455 e. The first kappa shape index (κ1) is 19.6. The van der Waals surface area contributed by atoms with Gasteiger partial charge in [-0.2, -0.15) is 5.10 Å². The second kappa shape index (κ2) is 7.46. The predicted octanol–water partition coefficient (Wildman–Crippen LogP) is 4.18. The molecule has 2 N–H and O–H groups in total. The Hall–Kier alpha value is -3.16. The normalized spacial score (nSPS) is 15.2. The third kappa shape index (κ3) is 4.21. The molecule has 1 amide bonds. The van der Waals surface area contributed by atoms with Crippen molar-refractivity contribution in [3.8, 4) is 0 Å². The zero-order chi connectivity index (χ0) is 20.5. The standard InChI is InChI=1S/C20H24N4O4/c1-12-17-15(23-22-13-8-10-14(11-9-13)24(26)27)6-5-7-16(17)28-18(12)19(25)21-20(2,3)4/h8-11,22H,5-7H2,1-4H3,(H,21,25)/b23-15+. The summed E-state index contributed by atoms with van der Waals surface area (Å²) >= 11 is 0. The van der Waals surface area contributed by atoms with Crippen molar-refractivity contribution >= 4 is 23.0 Å². The predicted molar refractivity (Wildman–Crippen MR) is 107 cm³/mol. The molecule has 0 saturated carbocycles. The number of benzene rings is 1. The van der Waals surface area contributed by atoms with E-state index in [-0.39, 0.29) is 17.1 Å². The van der Waals surface area contributed by atoms with Crippen molar-refractivity contribution in [2.24, 2.45) is 5.10 Å². The van der Waals surface area contributed by atoms with Crippen LogP contribution in [0.25, 0.3) is 0 Å². The van der Waals surface area contributed by atoms with Gasteiger partial charge in [-0.15, -0.1) is 0 Å². The SMILES string of the molecule is Cc1c(C(=O)NC(C)(C)C)oc2c1/C(=N/Nc1ccc([N+](=O)[O-])cc1)CCC2. The number of fused-ring (bicyclic) bond motifs is 1. The van der Waals surface area contributed by atoms with Crippen LogP contribution in [0, 0.1) is 17.0 Å². The molecule has 0 spiro atoms. The summed E-state index contributed by atoms with van der Waals surface area (Å²) in [5.41, 5.74) is 5.74. The number of carbonyl (C=O) groups is 1. The van der Waals surface area contributed by atoms with Gasteiger partial charge in [0.25, 0.3) is 11.6 Å². The molecule has 0 unspecified atom stereocenters. The summed E-state index contributed by atoms with van der Waals surface area (Å²) in [4.78, 5) is 22.9. The van der Waals surface area contributed by atoms with Crippen molar-refractivity contribution in [2.75, 3.05) is 5.43 Å². The molecule has 1 aliphatic rings. The van der Waals surface area contributed by atoms with Crippen LogP contribution in [-0.4, -0.2) is 22.1 Å². The molecule has 0 saturated heterocycles. The second-order valence-corrected chi connectivity index (χ2v) is 7.89. The lowest BCUT2D eigenvalue weighted by Gasteiger charge is -2.19. The van der Waals surface area contributed by atoms with Gasteiger partial charge in [0.15, 0.2) is 5.76 Å². The molecule has 0 aliphatic heterocycles. The number of rotatable bonds is 4. The number of carbonyl (C=O) groups excluding carboxylic acids is 1. The topological polar surface area (TPSA) is 110 Å². The van der Waals surface area contributed by atoms with Crippen LogP contribution in [0.5, 0.6) is 0 Å². The Bertz CT molecular complexity index is 936. The third-order valence-corrected chi connectivity index (χ3v) is 4.42. The molecule has 28 heavy (non-hydrogen) atoms. The molecule has 148 valence electrons. The van der Waals surface area contributed by atoms with E-state index >= 15 is 0 Å². The van der Waals surface area contributed by atoms with Crippen molar-refractivity contribution in [2.45, 2.75) is 52.5 Å². The third-order valence-electron chi connectivity index (χ3n) is 4.42. The molecule has 8 nitrogen and oxygen atoms in total. The fourth-order valence-corrected chi connectivity index (χ4v) is 3.18. The molecular weight excluding hydrogens is 360 g/mol. The number of amides is 1. The van der Waals surface area contributed by atoms with Gasteiger partial charge in [-0.05, 0) is 52.7 Å². The minimum atomic E-state index is -0.442. The zero-order valence-electron chi connectivity index (χ0n) is 16.5. The summed E-state index contributed by atoms with van der Waals surface area (Å²) in [7, 11) is 0. The summed E-state index contributed by atoms with van der Waals surface area (Å²) in [6.45, 7) is 7.63. The highest BCUT2D eigenvalue weighted by atomic mass is 16.6. The summed E-state index contributed by atoms with van der Waals surface area (Å²) in [6, 6.07) is 6.06. The number of nitro groups is 1. The van der Waals surface area contributed by atoms with E-state index in [4.69, 9.17) is 4.42 Å². The average molecular weight is 384 g/mol. The fraction of sp³-hybridized carbons (Fsp3) is 0.400. The molecule has 1 aromatic heterocycles. The van der Waals surface area contributed by atoms with Crippen molar-refractivity contribution in [1.29, 1.82) is 0 Å². The molecule has 0 atom stereocenters. The van der Waals surface area contributed by atoms with E-state index in [0.29, 0.717) is 11.4 Å². The Labute approximate surface area is 163 Å². The van der Waals surface area contributed by atoms with Gasteiger partial charge >= 0.3 is 0 Å². The van der Waals surface area contributed by atoms with E-state index in [9.17, 15) is 14.9 Å². The minimum absolute atomic E-state index is 0.0262. The van der Waals surface area contributed by atoms with Gasteiger partial charge < -0.3 is 9.73 Å². The van der Waals surface area contributed by atoms with Gasteiger partial charge in [-0.1, -0.05) is 0 Å². The van der Waals surface area contributed by atoms with Crippen LogP contribution in [0.15, 0.2) is 33.8 Å². The monoisotopic (exact) mass is 384 g/mol. The second-order valence-electron chi connectivity index (χ2n) is 7.89. The van der Waals surface area contributed by atoms with Crippen LogP contribution >= 0.6 is 0 Å². The van der Waals surface area contributed by atoms with Crippen LogP contribution in [0.4, 0.5) is 11.4 Å². The Morgan fingerprint density at radius 2 is 1.89 bits per heavy atom. The van der Waals surface area contributed by atoms with Crippen molar-refractivity contribution in [1.82, 2.24) is 5.32 Å². The van der Waals surface area contributed by atoms with Gasteiger partial charge in [0.1, 0.15) is 5.76 Å². The quantitative estimate of drug-likeness (QED) is 0.607. The molecule has 8 heteroatoms. The Morgan fingerprint density at radius 3 is 2.50 bits per heavy atom. The van der Waals surface area contributed by atoms with Crippen LogP contribution in [0.1, 0.15) is 61.1 Å². The molecule has 1 heterocycles. The van der Waals surface area contributed by atoms with Gasteiger partial charge in [0.05, 0.1) is 16.3 Å². The highest BCUT2D eigenvalue weighted by Gasteiger charge is 2.29. The zero-order valence-corrected chi connectivity index (χ0v) is 16.5. The Morgan fingerprint density at radius 1 is 1.21 bits per heavy atom. The van der Waals surface area contributed by atoms with E-state index in [1.165, 1.54) is 12.1 Å². The number of nitro benzene ring substituents is 1. The van der Waals surface area contributed by atoms with Crippen molar-refractivity contribution in [3.05, 3.63) is 57.0 Å². The maximum atomic E-state index is 12.6. The first-order valence-electron chi connectivity index (χ1n) is 9.18. The van der Waals surface area contributed by atoms with Gasteiger partial charge in [-0.25, -0.2) is 0 Å². The molecule has 0 bridgehead atoms. The lowest BCUT2D eigenvalue weighted by molar-refractivity contribution is -0.384. The highest BCUT2D eigenvalue weighted by molar-refractivity contribution is 6.06. The van der Waals surface area contributed by atoms with E-state index in [0.717, 1.165) is 41.9 Å². The van der Waals surface area contributed by atoms with Gasteiger partial charge in [-0.3, -0.25) is 20.3 Å². The number of non-ortho nitro benzene ring substituents is 1. The molecule has 3 rings (SSSR count). The maximum absolute atomic E-state index is 12.6. The lowest BCUT2D eigenvalue weighted by Crippen LogP contribution is -2.40. The first-order valence-corrected chi connectivity index (χ1v) is 9.18. The molecule has 0 radical (unpaired) electrons. The van der Waals surface area contributed by atoms with Crippen LogP contribution < -0.4 is 10.7 Å². The van der Waals surface area contributed by atoms with Crippen molar-refractivity contribution < 1.29 is 14.1 Å². The number of anilines is 1. The van der Waals surface area contributed by atoms with Crippen LogP contribution in [0.2, 0.25) is 0 Å². The number of aryl methyl sites for hydroxylation is 1. The summed E-state index contributed by atoms with van der Waals surface area (Å²) in [6.07, 6.45) is 2.39. The summed E-state index contributed by atoms with van der Waals surface area (Å²) in [5.74, 6) is 0.860. The van der Waals surface area contributed by atoms with Gasteiger partial charge in [0, 0.05) is 35.2 Å². The van der Waals surface area contributed by atoms with Crippen LogP contribution in [-0.2, 0) is 6.42 Å². The number of hydrazone groups is 1. The molecule has 2 aromatic rings. The summed E-state index contributed by atoms with van der Waals surface area (Å²) in [5, 5.41) is 18.2. The molecule has 0 fully saturated rings. The maximum Gasteiger partial charge on any atom is 0.287 e. The van der Waals surface area contributed by atoms with Crippen LogP contribution in [0.3, 0.4) is 0 Å². The number of nitrogens with one attached hydrogen (secondary N) is 2. The van der Waals surface area contributed by atoms with E-state index in [1.807, 2.05) is 27.7 Å². The molecule has 1 aromatic carbocycles. The smallest absolute Gasteiger partial charge is 0.287 e. The van der Waals surface area contributed by atoms with E-state index in [1.54, 1.807) is 12.1 Å². The Balaban J connectivity index is 1.85. The van der Waals surface area contributed by atoms with Gasteiger partial charge in [0.2, 0.25) is 0 Å². The Kier molecular flexibility index (Phi) is 5.22. The highest BCUT2D eigenvalue weighted by Crippen LogP contribution is 2.30. The number of furan rings is 1. The molecule has 1 aliphatic carbocycles. The molecular formula is C20H24N4O4. The summed E-state index contributed by atoms with van der Waals surface area (Å²) < 4.78 is 5.87. The fourth-order valence-electron chi connectivity index (χ4n) is 3.18. The lowest BCUT2D eigenvalue weighted by atomic mass is 9.93. The number of nitrogens with zero attached hydrogens (tertiary/aromatic N) is 2. The minimum Gasteiger partial charge on any atom is -0.455 e. The first-order chi connectivity index (χ1) is 13.2. The van der Waals surface area contributed by atoms with E-state index in [2.05, 4.69) is 15.8 Å². The number of hydrogen-bond acceptors (Lipinski definition) is 6. The average Bonchev–Trinajstić information content (AvgIpc) is 2.96. The van der Waals surface area contributed by atoms with E-state index < -0.39 is 4.92 Å².